The van der Waals surface area contributed by atoms with Gasteiger partial charge in [-0.1, -0.05) is 19.1 Å². The van der Waals surface area contributed by atoms with Crippen molar-refractivity contribution >= 4 is 5.97 Å². The van der Waals surface area contributed by atoms with E-state index in [1.807, 2.05) is 6.92 Å². The molecule has 0 saturated heterocycles. The largest absolute Gasteiger partial charge is 0.468 e. The third-order valence-electron chi connectivity index (χ3n) is 3.98. The fraction of sp³-hybridized carbons (Fsp3) is 0.750. The summed E-state index contributed by atoms with van der Waals surface area (Å²) in [6.07, 6.45) is 6.00. The molecule has 3 heteroatoms. The minimum Gasteiger partial charge on any atom is -0.468 e. The molecule has 2 bridgehead atoms. The lowest BCUT2D eigenvalue weighted by molar-refractivity contribution is -0.163. The highest BCUT2D eigenvalue weighted by molar-refractivity contribution is 5.79. The zero-order chi connectivity index (χ0) is 11.1. The third kappa shape index (κ3) is 1.33. The highest BCUT2D eigenvalue weighted by atomic mass is 16.5. The summed E-state index contributed by atoms with van der Waals surface area (Å²) in [4.78, 5) is 11.9. The van der Waals surface area contributed by atoms with Crippen LogP contribution in [0.25, 0.3) is 0 Å². The van der Waals surface area contributed by atoms with Gasteiger partial charge < -0.3 is 9.84 Å². The normalized spacial score (nSPS) is 39.4. The van der Waals surface area contributed by atoms with E-state index < -0.39 is 11.5 Å². The monoisotopic (exact) mass is 210 g/mol. The van der Waals surface area contributed by atoms with Gasteiger partial charge in [0, 0.05) is 0 Å². The molecule has 15 heavy (non-hydrogen) atoms. The minimum absolute atomic E-state index is 0.171. The fourth-order valence-electron chi connectivity index (χ4n) is 3.20. The van der Waals surface area contributed by atoms with Crippen LogP contribution in [0.15, 0.2) is 12.2 Å². The first kappa shape index (κ1) is 10.7. The summed E-state index contributed by atoms with van der Waals surface area (Å²) < 4.78 is 4.88. The number of esters is 1. The minimum atomic E-state index is -0.664. The smallest absolute Gasteiger partial charge is 0.315 e. The van der Waals surface area contributed by atoms with Gasteiger partial charge in [0.2, 0.25) is 0 Å². The molecule has 0 amide bonds. The van der Waals surface area contributed by atoms with E-state index in [1.54, 1.807) is 0 Å². The predicted molar refractivity (Wildman–Crippen MR) is 56.1 cm³/mol. The molecular weight excluding hydrogens is 192 g/mol. The molecule has 84 valence electrons. The van der Waals surface area contributed by atoms with Crippen LogP contribution in [0.1, 0.15) is 26.2 Å². The Hall–Kier alpha value is -0.830. The van der Waals surface area contributed by atoms with Gasteiger partial charge in [0.25, 0.3) is 0 Å². The molecule has 0 aromatic carbocycles. The molecule has 0 spiro atoms. The second-order valence-corrected chi connectivity index (χ2v) is 4.65. The standard InChI is InChI=1S/C12H18O3/c1-3-10(13)12(11(14)15-2)7-8-4-5-9(12)6-8/h4-5,8-10,13H,3,6-7H2,1-2H3/t8-,9+,10?,12-/m0/s1. The van der Waals surface area contributed by atoms with Crippen molar-refractivity contribution in [3.63, 3.8) is 0 Å². The number of allylic oxidation sites excluding steroid dienone is 2. The van der Waals surface area contributed by atoms with E-state index in [2.05, 4.69) is 12.2 Å². The molecule has 1 saturated carbocycles. The summed E-state index contributed by atoms with van der Waals surface area (Å²) in [7, 11) is 1.40. The van der Waals surface area contributed by atoms with E-state index in [0.29, 0.717) is 12.3 Å². The van der Waals surface area contributed by atoms with Crippen LogP contribution in [0.4, 0.5) is 0 Å². The van der Waals surface area contributed by atoms with E-state index in [-0.39, 0.29) is 11.9 Å². The summed E-state index contributed by atoms with van der Waals surface area (Å²) in [5, 5.41) is 10.1. The number of methoxy groups -OCH3 is 1. The Kier molecular flexibility index (Phi) is 2.59. The average molecular weight is 210 g/mol. The Balaban J connectivity index is 2.32. The number of aliphatic hydroxyl groups excluding tert-OH is 1. The molecule has 0 aromatic rings. The zero-order valence-electron chi connectivity index (χ0n) is 9.27. The summed E-state index contributed by atoms with van der Waals surface area (Å²) in [6, 6.07) is 0. The second kappa shape index (κ2) is 3.63. The van der Waals surface area contributed by atoms with Gasteiger partial charge in [-0.3, -0.25) is 4.79 Å². The Morgan fingerprint density at radius 1 is 1.67 bits per heavy atom. The first-order valence-electron chi connectivity index (χ1n) is 5.60. The average Bonchev–Trinajstić information content (AvgIpc) is 2.86. The van der Waals surface area contributed by atoms with Gasteiger partial charge in [-0.25, -0.2) is 0 Å². The number of hydrogen-bond acceptors (Lipinski definition) is 3. The molecule has 2 aliphatic carbocycles. The van der Waals surface area contributed by atoms with Crippen molar-refractivity contribution in [1.82, 2.24) is 0 Å². The maximum Gasteiger partial charge on any atom is 0.315 e. The van der Waals surface area contributed by atoms with Gasteiger partial charge in [0.05, 0.1) is 13.2 Å². The maximum absolute atomic E-state index is 11.9. The van der Waals surface area contributed by atoms with Crippen molar-refractivity contribution in [3.8, 4) is 0 Å². The van der Waals surface area contributed by atoms with Crippen LogP contribution in [-0.2, 0) is 9.53 Å². The van der Waals surface area contributed by atoms with Gasteiger partial charge in [-0.15, -0.1) is 0 Å². The van der Waals surface area contributed by atoms with Crippen LogP contribution >= 0.6 is 0 Å². The number of ether oxygens (including phenoxy) is 1. The van der Waals surface area contributed by atoms with Gasteiger partial charge >= 0.3 is 5.97 Å². The lowest BCUT2D eigenvalue weighted by Gasteiger charge is -2.36. The molecule has 2 aliphatic rings. The highest BCUT2D eigenvalue weighted by Gasteiger charge is 2.57. The summed E-state index contributed by atoms with van der Waals surface area (Å²) in [5.74, 6) is 0.383. The Bertz CT molecular complexity index is 297. The quantitative estimate of drug-likeness (QED) is 0.567. The fourth-order valence-corrected chi connectivity index (χ4v) is 3.20. The van der Waals surface area contributed by atoms with E-state index in [4.69, 9.17) is 4.74 Å². The lowest BCUT2D eigenvalue weighted by atomic mass is 9.70. The summed E-state index contributed by atoms with van der Waals surface area (Å²) >= 11 is 0. The molecule has 1 N–H and O–H groups in total. The Morgan fingerprint density at radius 2 is 2.40 bits per heavy atom. The second-order valence-electron chi connectivity index (χ2n) is 4.65. The number of rotatable bonds is 3. The molecule has 2 rings (SSSR count). The molecule has 1 unspecified atom stereocenters. The van der Waals surface area contributed by atoms with Crippen LogP contribution < -0.4 is 0 Å². The van der Waals surface area contributed by atoms with Crippen molar-refractivity contribution < 1.29 is 14.6 Å². The molecule has 0 heterocycles. The number of hydrogen-bond donors (Lipinski definition) is 1. The van der Waals surface area contributed by atoms with Crippen LogP contribution in [0.2, 0.25) is 0 Å². The van der Waals surface area contributed by atoms with Gasteiger partial charge in [-0.05, 0) is 31.1 Å². The SMILES string of the molecule is CCC(O)[C@]1(C(=O)OC)C[C@H]2C=C[C@@H]1C2. The number of carbonyl (C=O) groups excluding carboxylic acids is 1. The molecule has 0 radical (unpaired) electrons. The summed E-state index contributed by atoms with van der Waals surface area (Å²) in [5.41, 5.74) is -0.664. The number of fused-ring (bicyclic) bond motifs is 2. The van der Waals surface area contributed by atoms with E-state index >= 15 is 0 Å². The molecular formula is C12H18O3. The van der Waals surface area contributed by atoms with Gasteiger partial charge in [0.15, 0.2) is 0 Å². The molecule has 4 atom stereocenters. The third-order valence-corrected chi connectivity index (χ3v) is 3.98. The van der Waals surface area contributed by atoms with E-state index in [0.717, 1.165) is 12.8 Å². The first-order valence-corrected chi connectivity index (χ1v) is 5.60. The molecule has 3 nitrogen and oxygen atoms in total. The maximum atomic E-state index is 11.9. The topological polar surface area (TPSA) is 46.5 Å². The van der Waals surface area contributed by atoms with Crippen molar-refractivity contribution in [2.75, 3.05) is 7.11 Å². The van der Waals surface area contributed by atoms with E-state index in [1.165, 1.54) is 7.11 Å². The number of carbonyl (C=O) groups is 1. The lowest BCUT2D eigenvalue weighted by Crippen LogP contribution is -2.46. The van der Waals surface area contributed by atoms with Crippen molar-refractivity contribution in [2.45, 2.75) is 32.3 Å². The van der Waals surface area contributed by atoms with Gasteiger partial charge in [-0.2, -0.15) is 0 Å². The zero-order valence-corrected chi connectivity index (χ0v) is 9.27. The van der Waals surface area contributed by atoms with Crippen molar-refractivity contribution in [1.29, 1.82) is 0 Å². The van der Waals surface area contributed by atoms with Crippen molar-refractivity contribution in [3.05, 3.63) is 12.2 Å². The molecule has 1 fully saturated rings. The molecule has 0 aliphatic heterocycles. The Labute approximate surface area is 90.1 Å². The first-order chi connectivity index (χ1) is 7.15. The summed E-state index contributed by atoms with van der Waals surface area (Å²) in [6.45, 7) is 1.91. The van der Waals surface area contributed by atoms with E-state index in [9.17, 15) is 9.90 Å². The predicted octanol–water partition coefficient (Wildman–Crippen LogP) is 1.51. The Morgan fingerprint density at radius 3 is 2.80 bits per heavy atom. The van der Waals surface area contributed by atoms with Crippen LogP contribution in [0, 0.1) is 17.3 Å². The van der Waals surface area contributed by atoms with Crippen LogP contribution in [-0.4, -0.2) is 24.3 Å². The van der Waals surface area contributed by atoms with Crippen LogP contribution in [0.3, 0.4) is 0 Å². The van der Waals surface area contributed by atoms with Crippen molar-refractivity contribution in [2.24, 2.45) is 17.3 Å². The highest BCUT2D eigenvalue weighted by Crippen LogP contribution is 2.55. The van der Waals surface area contributed by atoms with Crippen LogP contribution in [0.5, 0.6) is 0 Å². The van der Waals surface area contributed by atoms with Gasteiger partial charge in [0.1, 0.15) is 5.41 Å². The number of aliphatic hydroxyl groups is 1. The molecule has 0 aromatic heterocycles.